The Morgan fingerprint density at radius 1 is 1.40 bits per heavy atom. The molecule has 0 amide bonds. The number of hydrogen-bond donors (Lipinski definition) is 1. The lowest BCUT2D eigenvalue weighted by Gasteiger charge is -2.08. The Hall–Kier alpha value is -1.30. The molecule has 1 atom stereocenters. The molecule has 0 spiro atoms. The molecule has 1 aromatic carbocycles. The smallest absolute Gasteiger partial charge is 0.138 e. The maximum absolute atomic E-state index is 6.01. The van der Waals surface area contributed by atoms with Crippen LogP contribution in [0, 0.1) is 0 Å². The number of ether oxygens (including phenoxy) is 1. The second-order valence-electron chi connectivity index (χ2n) is 4.34. The highest BCUT2D eigenvalue weighted by atomic mass is 35.5. The van der Waals surface area contributed by atoms with Crippen LogP contribution in [0.4, 0.5) is 0 Å². The molecule has 7 heteroatoms. The largest absolute Gasteiger partial charge is 0.490 e. The van der Waals surface area contributed by atoms with Crippen LogP contribution >= 0.6 is 23.2 Å². The van der Waals surface area contributed by atoms with Crippen LogP contribution < -0.4 is 10.5 Å². The van der Waals surface area contributed by atoms with Gasteiger partial charge in [-0.3, -0.25) is 0 Å². The molecule has 0 aliphatic carbocycles. The minimum Gasteiger partial charge on any atom is -0.490 e. The van der Waals surface area contributed by atoms with Gasteiger partial charge in [0.25, 0.3) is 0 Å². The maximum Gasteiger partial charge on any atom is 0.138 e. The zero-order chi connectivity index (χ0) is 14.5. The SMILES string of the molecule is CCC(N)c1cn(CCOc2ccc(Cl)cc2Cl)nn1. The quantitative estimate of drug-likeness (QED) is 0.889. The van der Waals surface area contributed by atoms with Crippen LogP contribution in [-0.4, -0.2) is 21.6 Å². The lowest BCUT2D eigenvalue weighted by molar-refractivity contribution is 0.290. The minimum absolute atomic E-state index is 0.0737. The maximum atomic E-state index is 6.01. The molecule has 0 radical (unpaired) electrons. The van der Waals surface area contributed by atoms with Crippen molar-refractivity contribution in [2.24, 2.45) is 5.73 Å². The van der Waals surface area contributed by atoms with Crippen molar-refractivity contribution in [1.82, 2.24) is 15.0 Å². The lowest BCUT2D eigenvalue weighted by Crippen LogP contribution is -2.10. The standard InChI is InChI=1S/C13H16Cl2N4O/c1-2-11(16)12-8-19(18-17-12)5-6-20-13-4-3-9(14)7-10(13)15/h3-4,7-8,11H,2,5-6,16H2,1H3. The van der Waals surface area contributed by atoms with E-state index in [1.807, 2.05) is 13.1 Å². The summed E-state index contributed by atoms with van der Waals surface area (Å²) in [6.07, 6.45) is 2.66. The molecule has 2 N–H and O–H groups in total. The average Bonchev–Trinajstić information content (AvgIpc) is 2.89. The summed E-state index contributed by atoms with van der Waals surface area (Å²) in [5.74, 6) is 0.599. The Kier molecular flexibility index (Phi) is 5.23. The molecule has 2 aromatic rings. The fourth-order valence-electron chi connectivity index (χ4n) is 1.64. The van der Waals surface area contributed by atoms with E-state index in [0.717, 1.165) is 12.1 Å². The molecule has 1 heterocycles. The molecular formula is C13H16Cl2N4O. The average molecular weight is 315 g/mol. The Bertz CT molecular complexity index is 573. The Balaban J connectivity index is 1.88. The number of aromatic nitrogens is 3. The predicted molar refractivity (Wildman–Crippen MR) is 79.2 cm³/mol. The van der Waals surface area contributed by atoms with Crippen LogP contribution in [0.15, 0.2) is 24.4 Å². The van der Waals surface area contributed by atoms with E-state index in [4.69, 9.17) is 33.7 Å². The van der Waals surface area contributed by atoms with E-state index in [1.165, 1.54) is 0 Å². The Morgan fingerprint density at radius 2 is 2.20 bits per heavy atom. The molecule has 5 nitrogen and oxygen atoms in total. The molecule has 108 valence electrons. The van der Waals surface area contributed by atoms with Crippen LogP contribution in [-0.2, 0) is 6.54 Å². The first kappa shape index (κ1) is 15.1. The van der Waals surface area contributed by atoms with Gasteiger partial charge in [0.05, 0.1) is 29.5 Å². The first-order valence-electron chi connectivity index (χ1n) is 6.33. The van der Waals surface area contributed by atoms with Crippen molar-refractivity contribution in [2.45, 2.75) is 25.9 Å². The molecule has 0 aliphatic heterocycles. The van der Waals surface area contributed by atoms with Gasteiger partial charge in [-0.1, -0.05) is 35.3 Å². The van der Waals surface area contributed by atoms with E-state index in [2.05, 4.69) is 10.3 Å². The summed E-state index contributed by atoms with van der Waals surface area (Å²) in [7, 11) is 0. The van der Waals surface area contributed by atoms with Gasteiger partial charge in [-0.2, -0.15) is 0 Å². The van der Waals surface area contributed by atoms with E-state index < -0.39 is 0 Å². The molecule has 0 bridgehead atoms. The summed E-state index contributed by atoms with van der Waals surface area (Å²) in [5, 5.41) is 9.11. The number of halogens is 2. The normalized spacial score (nSPS) is 12.4. The first-order valence-corrected chi connectivity index (χ1v) is 7.09. The van der Waals surface area contributed by atoms with Crippen molar-refractivity contribution in [2.75, 3.05) is 6.61 Å². The summed E-state index contributed by atoms with van der Waals surface area (Å²) in [6, 6.07) is 5.04. The lowest BCUT2D eigenvalue weighted by atomic mass is 10.2. The first-order chi connectivity index (χ1) is 9.60. The van der Waals surface area contributed by atoms with E-state index in [-0.39, 0.29) is 6.04 Å². The van der Waals surface area contributed by atoms with Crippen molar-refractivity contribution >= 4 is 23.2 Å². The third-order valence-electron chi connectivity index (χ3n) is 2.85. The number of benzene rings is 1. The molecular weight excluding hydrogens is 299 g/mol. The molecule has 20 heavy (non-hydrogen) atoms. The molecule has 1 aromatic heterocycles. The Labute approximate surface area is 127 Å². The van der Waals surface area contributed by atoms with Crippen LogP contribution in [0.2, 0.25) is 10.0 Å². The van der Waals surface area contributed by atoms with Crippen LogP contribution in [0.1, 0.15) is 25.1 Å². The van der Waals surface area contributed by atoms with Crippen molar-refractivity contribution in [3.05, 3.63) is 40.1 Å². The highest BCUT2D eigenvalue weighted by Gasteiger charge is 2.08. The molecule has 2 rings (SSSR count). The van der Waals surface area contributed by atoms with Gasteiger partial charge in [0.15, 0.2) is 0 Å². The monoisotopic (exact) mass is 314 g/mol. The summed E-state index contributed by atoms with van der Waals surface area (Å²) < 4.78 is 7.28. The van der Waals surface area contributed by atoms with Gasteiger partial charge < -0.3 is 10.5 Å². The summed E-state index contributed by atoms with van der Waals surface area (Å²) in [5.41, 5.74) is 6.67. The van der Waals surface area contributed by atoms with Gasteiger partial charge in [0, 0.05) is 5.02 Å². The second kappa shape index (κ2) is 6.92. The highest BCUT2D eigenvalue weighted by Crippen LogP contribution is 2.27. The zero-order valence-corrected chi connectivity index (χ0v) is 12.6. The van der Waals surface area contributed by atoms with Crippen molar-refractivity contribution < 1.29 is 4.74 Å². The Morgan fingerprint density at radius 3 is 2.90 bits per heavy atom. The molecule has 0 saturated carbocycles. The number of nitrogens with zero attached hydrogens (tertiary/aromatic N) is 3. The highest BCUT2D eigenvalue weighted by molar-refractivity contribution is 6.35. The van der Waals surface area contributed by atoms with E-state index in [0.29, 0.717) is 28.9 Å². The van der Waals surface area contributed by atoms with Crippen molar-refractivity contribution in [3.63, 3.8) is 0 Å². The predicted octanol–water partition coefficient (Wildman–Crippen LogP) is 3.07. The van der Waals surface area contributed by atoms with E-state index >= 15 is 0 Å². The topological polar surface area (TPSA) is 66.0 Å². The summed E-state index contributed by atoms with van der Waals surface area (Å²) >= 11 is 11.8. The zero-order valence-electron chi connectivity index (χ0n) is 11.1. The summed E-state index contributed by atoms with van der Waals surface area (Å²) in [4.78, 5) is 0. The third-order valence-corrected chi connectivity index (χ3v) is 3.38. The summed E-state index contributed by atoms with van der Waals surface area (Å²) in [6.45, 7) is 3.02. The molecule has 0 fully saturated rings. The third kappa shape index (κ3) is 3.85. The second-order valence-corrected chi connectivity index (χ2v) is 5.19. The van der Waals surface area contributed by atoms with Gasteiger partial charge >= 0.3 is 0 Å². The molecule has 0 aliphatic rings. The van der Waals surface area contributed by atoms with Gasteiger partial charge in [-0.05, 0) is 24.6 Å². The number of hydrogen-bond acceptors (Lipinski definition) is 4. The molecule has 1 unspecified atom stereocenters. The van der Waals surface area contributed by atoms with E-state index in [1.54, 1.807) is 22.9 Å². The van der Waals surface area contributed by atoms with Gasteiger partial charge in [-0.15, -0.1) is 5.10 Å². The minimum atomic E-state index is -0.0737. The van der Waals surface area contributed by atoms with Crippen LogP contribution in [0.3, 0.4) is 0 Å². The van der Waals surface area contributed by atoms with Gasteiger partial charge in [-0.25, -0.2) is 4.68 Å². The van der Waals surface area contributed by atoms with Gasteiger partial charge in [0.2, 0.25) is 0 Å². The number of rotatable bonds is 6. The van der Waals surface area contributed by atoms with Crippen LogP contribution in [0.25, 0.3) is 0 Å². The fraction of sp³-hybridized carbons (Fsp3) is 0.385. The van der Waals surface area contributed by atoms with Gasteiger partial charge in [0.1, 0.15) is 12.4 Å². The van der Waals surface area contributed by atoms with Crippen molar-refractivity contribution in [1.29, 1.82) is 0 Å². The van der Waals surface area contributed by atoms with E-state index in [9.17, 15) is 0 Å². The fourth-order valence-corrected chi connectivity index (χ4v) is 2.11. The number of nitrogens with two attached hydrogens (primary N) is 1. The molecule has 0 saturated heterocycles. The van der Waals surface area contributed by atoms with Crippen molar-refractivity contribution in [3.8, 4) is 5.75 Å². The van der Waals surface area contributed by atoms with Crippen LogP contribution in [0.5, 0.6) is 5.75 Å².